The Balaban J connectivity index is 0.000000156. The van der Waals surface area contributed by atoms with E-state index in [4.69, 9.17) is 56.8 Å². The summed E-state index contributed by atoms with van der Waals surface area (Å²) in [6, 6.07) is 47.5. The molecule has 0 saturated heterocycles. The highest BCUT2D eigenvalue weighted by Crippen LogP contribution is 2.57. The SMILES string of the molecule is C=Cc1ccc(OC(C)OC23CC4CC(CC(C4)C2)C3)cc1.C=Cc1ccc(OC(C)OC2CCCCC2)cc1.C=Cc1ccc(OC(C)OCC2CCCC2)cc1.C=Cc1ccc(OC(C)OCCC2CCCCC2)cc1.C=Cc1ccc(OCOC2CCCC2)cc1.C=Cc1ccc(OCOCCC2CCCCC2)cc1. The lowest BCUT2D eigenvalue weighted by molar-refractivity contribution is -0.225. The smallest absolute Gasteiger partial charge is 0.197 e. The highest BCUT2D eigenvalue weighted by atomic mass is 16.7. The first kappa shape index (κ1) is 89.3. The van der Waals surface area contributed by atoms with Crippen molar-refractivity contribution in [3.8, 4) is 34.5 Å². The Kier molecular flexibility index (Phi) is 40.0. The van der Waals surface area contributed by atoms with Crippen LogP contribution in [0.2, 0.25) is 0 Å². The topological polar surface area (TPSA) is 111 Å². The average molecular weight is 1540 g/mol. The molecule has 9 aliphatic carbocycles. The molecule has 9 saturated carbocycles. The van der Waals surface area contributed by atoms with E-state index in [9.17, 15) is 0 Å². The molecule has 6 aromatic rings. The predicted molar refractivity (Wildman–Crippen MR) is 466 cm³/mol. The molecule has 9 fully saturated rings. The number of hydrogen-bond acceptors (Lipinski definition) is 12. The summed E-state index contributed by atoms with van der Waals surface area (Å²) >= 11 is 0. The first-order valence-corrected chi connectivity index (χ1v) is 43.3. The third-order valence-electron chi connectivity index (χ3n) is 23.4. The first-order valence-electron chi connectivity index (χ1n) is 43.3. The molecule has 6 aromatic carbocycles. The van der Waals surface area contributed by atoms with Crippen molar-refractivity contribution in [2.45, 2.75) is 270 Å². The van der Waals surface area contributed by atoms with Gasteiger partial charge in [-0.15, -0.1) is 0 Å². The van der Waals surface area contributed by atoms with Gasteiger partial charge < -0.3 is 56.8 Å². The van der Waals surface area contributed by atoms with Gasteiger partial charge in [-0.05, 0) is 259 Å². The van der Waals surface area contributed by atoms with Gasteiger partial charge >= 0.3 is 0 Å². The molecule has 12 heteroatoms. The zero-order valence-electron chi connectivity index (χ0n) is 69.3. The molecular weight excluding hydrogens is 1410 g/mol. The summed E-state index contributed by atoms with van der Waals surface area (Å²) in [5, 5.41) is 0. The molecule has 113 heavy (non-hydrogen) atoms. The molecule has 9 aliphatic rings. The van der Waals surface area contributed by atoms with Crippen LogP contribution in [0.5, 0.6) is 34.5 Å². The minimum absolute atomic E-state index is 0.106. The number of rotatable bonds is 35. The second kappa shape index (κ2) is 50.6. The molecule has 4 unspecified atom stereocenters. The van der Waals surface area contributed by atoms with Crippen LogP contribution >= 0.6 is 0 Å². The zero-order chi connectivity index (χ0) is 79.5. The maximum atomic E-state index is 6.47. The number of benzene rings is 6. The van der Waals surface area contributed by atoms with E-state index in [1.807, 2.05) is 210 Å². The average Bonchev–Trinajstić information content (AvgIpc) is 1.15. The lowest BCUT2D eigenvalue weighted by Crippen LogP contribution is -2.53. The fourth-order valence-electron chi connectivity index (χ4n) is 17.5. The van der Waals surface area contributed by atoms with Crippen LogP contribution in [0.3, 0.4) is 0 Å². The quantitative estimate of drug-likeness (QED) is 0.0279. The lowest BCUT2D eigenvalue weighted by Gasteiger charge is -2.56. The Morgan fingerprint density at radius 3 is 1.04 bits per heavy atom. The molecule has 0 aliphatic heterocycles. The van der Waals surface area contributed by atoms with Gasteiger partial charge in [-0.3, -0.25) is 0 Å². The van der Waals surface area contributed by atoms with Crippen molar-refractivity contribution in [3.63, 3.8) is 0 Å². The van der Waals surface area contributed by atoms with Crippen LogP contribution in [-0.4, -0.2) is 76.4 Å². The summed E-state index contributed by atoms with van der Waals surface area (Å²) in [5.41, 5.74) is 6.72. The maximum Gasteiger partial charge on any atom is 0.197 e. The monoisotopic (exact) mass is 1540 g/mol. The van der Waals surface area contributed by atoms with E-state index in [1.54, 1.807) is 0 Å². The highest BCUT2D eigenvalue weighted by Gasteiger charge is 2.52. The van der Waals surface area contributed by atoms with Crippen LogP contribution in [0.25, 0.3) is 36.5 Å². The third-order valence-corrected chi connectivity index (χ3v) is 23.4. The summed E-state index contributed by atoms with van der Waals surface area (Å²) in [5.74, 6) is 10.3. The molecule has 0 radical (unpaired) electrons. The van der Waals surface area contributed by atoms with Crippen molar-refractivity contribution in [1.29, 1.82) is 0 Å². The minimum Gasteiger partial charge on any atom is -0.468 e. The fraction of sp³-hybridized carbons (Fsp3) is 0.525. The Morgan fingerprint density at radius 1 is 0.327 bits per heavy atom. The van der Waals surface area contributed by atoms with Gasteiger partial charge in [0.05, 0.1) is 37.6 Å². The lowest BCUT2D eigenvalue weighted by atomic mass is 9.54. The maximum absolute atomic E-state index is 6.47. The molecule has 0 spiro atoms. The van der Waals surface area contributed by atoms with Gasteiger partial charge in [0.25, 0.3) is 0 Å². The summed E-state index contributed by atoms with van der Waals surface area (Å²) in [6.45, 7) is 33.5. The van der Waals surface area contributed by atoms with Crippen molar-refractivity contribution in [2.24, 2.45) is 35.5 Å². The minimum atomic E-state index is -0.187. The molecule has 0 aromatic heterocycles. The van der Waals surface area contributed by atoms with Gasteiger partial charge in [-0.1, -0.05) is 258 Å². The van der Waals surface area contributed by atoms with E-state index in [0.717, 1.165) is 123 Å². The van der Waals surface area contributed by atoms with Gasteiger partial charge in [0.2, 0.25) is 0 Å². The van der Waals surface area contributed by atoms with E-state index >= 15 is 0 Å². The largest absolute Gasteiger partial charge is 0.468 e. The summed E-state index contributed by atoms with van der Waals surface area (Å²) in [4.78, 5) is 0. The van der Waals surface area contributed by atoms with E-state index in [-0.39, 0.29) is 30.8 Å². The van der Waals surface area contributed by atoms with Gasteiger partial charge in [0, 0.05) is 0 Å². The van der Waals surface area contributed by atoms with Gasteiger partial charge in [-0.25, -0.2) is 0 Å². The van der Waals surface area contributed by atoms with Crippen molar-refractivity contribution in [3.05, 3.63) is 218 Å². The number of hydrogen-bond donors (Lipinski definition) is 0. The van der Waals surface area contributed by atoms with Crippen LogP contribution < -0.4 is 28.4 Å². The third kappa shape index (κ3) is 34.0. The molecular formula is C101H138O12. The van der Waals surface area contributed by atoms with E-state index in [1.165, 1.54) is 199 Å². The standard InChI is InChI=1S/C20H26O2.C18H26O2.C17H24O2.2C16H22O2.C14H18O2/c1-3-15-4-6-19(7-5-15)21-14(2)22-20-11-16-8-17(12-20)10-18(9-16)13-20;1-3-16-9-11-18(12-10-16)20-15(2)19-14-13-17-7-5-4-6-8-17;1-2-15-8-10-17(11-9-15)19-14-18-13-12-16-6-4-3-5-7-16;1-3-14-8-10-16(11-9-14)18-13(2)17-12-15-6-4-5-7-15;1-3-14-9-11-16(12-10-14)18-13(2)17-15-7-5-4-6-8-15;1-2-12-7-9-14(10-8-12)16-11-15-13-5-3-4-6-13/h3-7,14,16-18H,1,8-13H2,2H3;3,9-12,15,17H,1,4-8,13-14H2,2H3;2,8-11,16H,1,3-7,12-14H2;3,8-11,13,15H,1,4-7,12H2,2H3;3,9-13,15H,1,4-8H2,2H3;2,7-10,13H,1,3-6,11H2. The van der Waals surface area contributed by atoms with Crippen molar-refractivity contribution in [2.75, 3.05) is 33.4 Å². The Labute approximate surface area is 681 Å². The van der Waals surface area contributed by atoms with Crippen LogP contribution in [-0.2, 0) is 28.4 Å². The Hall–Kier alpha value is -7.68. The van der Waals surface area contributed by atoms with Crippen LogP contribution in [0.4, 0.5) is 0 Å². The van der Waals surface area contributed by atoms with Crippen LogP contribution in [0.15, 0.2) is 185 Å². The van der Waals surface area contributed by atoms with Gasteiger partial charge in [-0.2, -0.15) is 0 Å². The molecule has 12 nitrogen and oxygen atoms in total. The Bertz CT molecular complexity index is 3540. The summed E-state index contributed by atoms with van der Waals surface area (Å²) in [7, 11) is 0. The second-order valence-electron chi connectivity index (χ2n) is 32.4. The van der Waals surface area contributed by atoms with E-state index in [2.05, 4.69) is 39.5 Å². The predicted octanol–water partition coefficient (Wildman–Crippen LogP) is 27.0. The molecule has 0 N–H and O–H groups in total. The first-order chi connectivity index (χ1) is 55.2. The van der Waals surface area contributed by atoms with Crippen molar-refractivity contribution in [1.82, 2.24) is 0 Å². The fourth-order valence-corrected chi connectivity index (χ4v) is 17.5. The summed E-state index contributed by atoms with van der Waals surface area (Å²) in [6.07, 6.45) is 51.9. The molecule has 4 atom stereocenters. The molecule has 0 heterocycles. The highest BCUT2D eigenvalue weighted by molar-refractivity contribution is 5.52. The van der Waals surface area contributed by atoms with Gasteiger partial charge in [0.15, 0.2) is 38.7 Å². The van der Waals surface area contributed by atoms with Gasteiger partial charge in [0.1, 0.15) is 34.5 Å². The van der Waals surface area contributed by atoms with E-state index < -0.39 is 0 Å². The van der Waals surface area contributed by atoms with E-state index in [0.29, 0.717) is 25.8 Å². The normalized spacial score (nSPS) is 21.1. The second-order valence-corrected chi connectivity index (χ2v) is 32.4. The Morgan fingerprint density at radius 2 is 0.637 bits per heavy atom. The summed E-state index contributed by atoms with van der Waals surface area (Å²) < 4.78 is 69.3. The molecule has 4 bridgehead atoms. The number of ether oxygens (including phenoxy) is 12. The van der Waals surface area contributed by atoms with Crippen molar-refractivity contribution >= 4 is 36.5 Å². The molecule has 15 rings (SSSR count). The zero-order valence-corrected chi connectivity index (χ0v) is 69.3. The molecule has 0 amide bonds. The van der Waals surface area contributed by atoms with Crippen LogP contribution in [0.1, 0.15) is 260 Å². The van der Waals surface area contributed by atoms with Crippen LogP contribution in [0, 0.1) is 35.5 Å². The van der Waals surface area contributed by atoms with Crippen molar-refractivity contribution < 1.29 is 56.8 Å². The molecule has 614 valence electrons.